The third-order valence-electron chi connectivity index (χ3n) is 4.14. The van der Waals surface area contributed by atoms with Gasteiger partial charge in [-0.15, -0.1) is 0 Å². The minimum atomic E-state index is -3.75. The molecular formula is C20H21N3O4S2. The van der Waals surface area contributed by atoms with Crippen molar-refractivity contribution in [1.29, 1.82) is 0 Å². The molecule has 0 aliphatic carbocycles. The van der Waals surface area contributed by atoms with Gasteiger partial charge in [0.15, 0.2) is 5.13 Å². The normalized spacial score (nSPS) is 11.1. The quantitative estimate of drug-likeness (QED) is 0.571. The zero-order chi connectivity index (χ0) is 20.9. The highest BCUT2D eigenvalue weighted by atomic mass is 32.2. The van der Waals surface area contributed by atoms with Crippen molar-refractivity contribution in [2.24, 2.45) is 0 Å². The number of aryl methyl sites for hydroxylation is 1. The number of thiazole rings is 1. The number of methoxy groups -OCH3 is 1. The largest absolute Gasteiger partial charge is 0.497 e. The lowest BCUT2D eigenvalue weighted by atomic mass is 10.1. The van der Waals surface area contributed by atoms with Crippen molar-refractivity contribution in [2.75, 3.05) is 18.4 Å². The van der Waals surface area contributed by atoms with Gasteiger partial charge in [0.1, 0.15) is 10.6 Å². The first-order valence-electron chi connectivity index (χ1n) is 8.85. The molecule has 1 aromatic heterocycles. The van der Waals surface area contributed by atoms with Crippen LogP contribution in [0.1, 0.15) is 20.9 Å². The highest BCUT2D eigenvalue weighted by Gasteiger charge is 2.20. The number of ether oxygens (including phenoxy) is 1. The summed E-state index contributed by atoms with van der Waals surface area (Å²) in [6.07, 6.45) is 0.668. The Hall–Kier alpha value is -2.91. The summed E-state index contributed by atoms with van der Waals surface area (Å²) >= 11 is 1.01. The lowest BCUT2D eigenvalue weighted by molar-refractivity contribution is 0.0957. The number of sulfonamides is 1. The predicted octanol–water partition coefficient (Wildman–Crippen LogP) is 3.23. The van der Waals surface area contributed by atoms with E-state index < -0.39 is 10.0 Å². The fourth-order valence-electron chi connectivity index (χ4n) is 2.62. The Morgan fingerprint density at radius 3 is 2.45 bits per heavy atom. The fourth-order valence-corrected chi connectivity index (χ4v) is 4.76. The number of carbonyl (C=O) groups is 1. The van der Waals surface area contributed by atoms with Gasteiger partial charge in [-0.3, -0.25) is 9.52 Å². The summed E-state index contributed by atoms with van der Waals surface area (Å²) < 4.78 is 32.4. The third kappa shape index (κ3) is 5.33. The predicted molar refractivity (Wildman–Crippen MR) is 113 cm³/mol. The van der Waals surface area contributed by atoms with E-state index in [0.717, 1.165) is 22.6 Å². The maximum Gasteiger partial charge on any atom is 0.263 e. The number of nitrogens with zero attached hydrogens (tertiary/aromatic N) is 1. The van der Waals surface area contributed by atoms with Crippen LogP contribution in [0.5, 0.6) is 5.75 Å². The van der Waals surface area contributed by atoms with Gasteiger partial charge in [-0.25, -0.2) is 13.4 Å². The van der Waals surface area contributed by atoms with Crippen LogP contribution in [0.3, 0.4) is 0 Å². The van der Waals surface area contributed by atoms with Gasteiger partial charge < -0.3 is 10.1 Å². The molecule has 152 valence electrons. The van der Waals surface area contributed by atoms with Crippen molar-refractivity contribution in [3.63, 3.8) is 0 Å². The minimum Gasteiger partial charge on any atom is -0.497 e. The first kappa shape index (κ1) is 20.8. The lowest BCUT2D eigenvalue weighted by Gasteiger charge is -2.05. The van der Waals surface area contributed by atoms with Gasteiger partial charge in [-0.1, -0.05) is 41.7 Å². The van der Waals surface area contributed by atoms with E-state index in [9.17, 15) is 13.2 Å². The second-order valence-electron chi connectivity index (χ2n) is 6.21. The standard InChI is InChI=1S/C20H21N3O4S2/c1-14-18(19(24)21-13-12-15-8-10-16(27-2)11-9-15)28-20(22-14)23-29(25,26)17-6-4-3-5-7-17/h3-11H,12-13H2,1-2H3,(H,21,24)(H,22,23). The van der Waals surface area contributed by atoms with Crippen molar-refractivity contribution >= 4 is 32.4 Å². The Bertz CT molecular complexity index is 1080. The maximum atomic E-state index is 12.5. The van der Waals surface area contributed by atoms with Crippen LogP contribution in [0.15, 0.2) is 59.5 Å². The van der Waals surface area contributed by atoms with Crippen molar-refractivity contribution in [1.82, 2.24) is 10.3 Å². The summed E-state index contributed by atoms with van der Waals surface area (Å²) in [5, 5.41) is 3.01. The molecule has 1 amide bonds. The molecule has 2 aromatic carbocycles. The van der Waals surface area contributed by atoms with E-state index in [2.05, 4.69) is 15.0 Å². The topological polar surface area (TPSA) is 97.4 Å². The smallest absolute Gasteiger partial charge is 0.263 e. The van der Waals surface area contributed by atoms with Crippen molar-refractivity contribution in [3.8, 4) is 5.75 Å². The number of hydrogen-bond donors (Lipinski definition) is 2. The third-order valence-corrected chi connectivity index (χ3v) is 6.69. The van der Waals surface area contributed by atoms with Crippen LogP contribution in [-0.2, 0) is 16.4 Å². The van der Waals surface area contributed by atoms with E-state index in [0.29, 0.717) is 23.5 Å². The summed E-state index contributed by atoms with van der Waals surface area (Å²) in [6, 6.07) is 15.6. The van der Waals surface area contributed by atoms with Crippen molar-refractivity contribution < 1.29 is 17.9 Å². The molecule has 29 heavy (non-hydrogen) atoms. The molecule has 2 N–H and O–H groups in total. The first-order chi connectivity index (χ1) is 13.9. The number of rotatable bonds is 8. The molecule has 0 aliphatic heterocycles. The molecule has 0 spiro atoms. The van der Waals surface area contributed by atoms with E-state index in [-0.39, 0.29) is 15.9 Å². The number of anilines is 1. The molecule has 7 nitrogen and oxygen atoms in total. The molecule has 0 atom stereocenters. The van der Waals surface area contributed by atoms with Crippen LogP contribution >= 0.6 is 11.3 Å². The summed E-state index contributed by atoms with van der Waals surface area (Å²) in [4.78, 5) is 17.2. The Morgan fingerprint density at radius 1 is 1.10 bits per heavy atom. The zero-order valence-electron chi connectivity index (χ0n) is 16.0. The second kappa shape index (κ2) is 9.06. The Morgan fingerprint density at radius 2 is 1.79 bits per heavy atom. The van der Waals surface area contributed by atoms with Gasteiger partial charge in [0.05, 0.1) is 17.7 Å². The SMILES string of the molecule is COc1ccc(CCNC(=O)c2sc(NS(=O)(=O)c3ccccc3)nc2C)cc1. The molecule has 0 saturated heterocycles. The van der Waals surface area contributed by atoms with E-state index in [4.69, 9.17) is 4.74 Å². The van der Waals surface area contributed by atoms with E-state index in [1.807, 2.05) is 24.3 Å². The molecule has 0 bridgehead atoms. The van der Waals surface area contributed by atoms with E-state index in [1.165, 1.54) is 12.1 Å². The number of amides is 1. The number of nitrogens with one attached hydrogen (secondary N) is 2. The molecule has 3 rings (SSSR count). The lowest BCUT2D eigenvalue weighted by Crippen LogP contribution is -2.25. The molecule has 9 heteroatoms. The van der Waals surface area contributed by atoms with Gasteiger partial charge in [0.2, 0.25) is 0 Å². The van der Waals surface area contributed by atoms with Gasteiger partial charge in [0.25, 0.3) is 15.9 Å². The molecule has 0 fully saturated rings. The van der Waals surface area contributed by atoms with Crippen molar-refractivity contribution in [3.05, 3.63) is 70.7 Å². The maximum absolute atomic E-state index is 12.5. The van der Waals surface area contributed by atoms with Gasteiger partial charge in [0, 0.05) is 6.54 Å². The summed E-state index contributed by atoms with van der Waals surface area (Å²) in [5.41, 5.74) is 1.55. The molecule has 0 unspecified atom stereocenters. The average molecular weight is 432 g/mol. The van der Waals surface area contributed by atoms with Crippen LogP contribution in [0.25, 0.3) is 0 Å². The van der Waals surface area contributed by atoms with Crippen molar-refractivity contribution in [2.45, 2.75) is 18.2 Å². The van der Waals surface area contributed by atoms with Crippen LogP contribution in [0.4, 0.5) is 5.13 Å². The summed E-state index contributed by atoms with van der Waals surface area (Å²) in [6.45, 7) is 2.13. The monoisotopic (exact) mass is 431 g/mol. The van der Waals surface area contributed by atoms with Gasteiger partial charge in [-0.05, 0) is 43.2 Å². The molecule has 0 radical (unpaired) electrons. The Balaban J connectivity index is 1.61. The Labute approximate surface area is 173 Å². The van der Waals surface area contributed by atoms with Gasteiger partial charge >= 0.3 is 0 Å². The number of aromatic nitrogens is 1. The Kier molecular flexibility index (Phi) is 6.50. The highest BCUT2D eigenvalue weighted by molar-refractivity contribution is 7.93. The number of hydrogen-bond acceptors (Lipinski definition) is 6. The molecule has 0 aliphatic rings. The van der Waals surface area contributed by atoms with Crippen LogP contribution < -0.4 is 14.8 Å². The zero-order valence-corrected chi connectivity index (χ0v) is 17.6. The number of carbonyl (C=O) groups excluding carboxylic acids is 1. The average Bonchev–Trinajstić information content (AvgIpc) is 3.08. The second-order valence-corrected chi connectivity index (χ2v) is 8.89. The van der Waals surface area contributed by atoms with Crippen LogP contribution in [-0.4, -0.2) is 33.0 Å². The minimum absolute atomic E-state index is 0.137. The fraction of sp³-hybridized carbons (Fsp3) is 0.200. The van der Waals surface area contributed by atoms with E-state index in [1.54, 1.807) is 32.2 Å². The summed E-state index contributed by atoms with van der Waals surface area (Å²) in [5.74, 6) is 0.502. The first-order valence-corrected chi connectivity index (χ1v) is 11.2. The molecular weight excluding hydrogens is 410 g/mol. The summed E-state index contributed by atoms with van der Waals surface area (Å²) in [7, 11) is -2.13. The van der Waals surface area contributed by atoms with Gasteiger partial charge in [-0.2, -0.15) is 0 Å². The van der Waals surface area contributed by atoms with E-state index >= 15 is 0 Å². The van der Waals surface area contributed by atoms with Crippen LogP contribution in [0, 0.1) is 6.92 Å². The van der Waals surface area contributed by atoms with Crippen LogP contribution in [0.2, 0.25) is 0 Å². The number of benzene rings is 2. The molecule has 3 aromatic rings. The highest BCUT2D eigenvalue weighted by Crippen LogP contribution is 2.25. The molecule has 1 heterocycles. The molecule has 0 saturated carbocycles.